The van der Waals surface area contributed by atoms with Gasteiger partial charge < -0.3 is 24.3 Å². The van der Waals surface area contributed by atoms with Crippen LogP contribution in [0.5, 0.6) is 5.75 Å². The second-order valence-corrected chi connectivity index (χ2v) is 9.93. The number of pyridine rings is 1. The third-order valence-electron chi connectivity index (χ3n) is 7.37. The Labute approximate surface area is 227 Å². The number of ether oxygens (including phenoxy) is 2. The van der Waals surface area contributed by atoms with Gasteiger partial charge in [-0.05, 0) is 62.0 Å². The Morgan fingerprint density at radius 1 is 1.18 bits per heavy atom. The van der Waals surface area contributed by atoms with E-state index >= 15 is 0 Å². The van der Waals surface area contributed by atoms with E-state index in [-0.39, 0.29) is 22.7 Å². The van der Waals surface area contributed by atoms with Crippen LogP contribution in [0, 0.1) is 24.0 Å². The summed E-state index contributed by atoms with van der Waals surface area (Å²) in [5, 5.41) is 16.2. The molecule has 38 heavy (non-hydrogen) atoms. The molecule has 0 amide bonds. The van der Waals surface area contributed by atoms with Crippen LogP contribution in [-0.4, -0.2) is 75.9 Å². The highest BCUT2D eigenvalue weighted by atomic mass is 32.1. The minimum absolute atomic E-state index is 0.0109. The molecule has 11 heteroatoms. The average molecular weight is 537 g/mol. The summed E-state index contributed by atoms with van der Waals surface area (Å²) < 4.78 is 12.7. The number of morpholine rings is 1. The summed E-state index contributed by atoms with van der Waals surface area (Å²) in [5.74, 6) is 0.443. The zero-order valence-electron chi connectivity index (χ0n) is 21.8. The predicted octanol–water partition coefficient (Wildman–Crippen LogP) is 3.71. The molecule has 3 aromatic rings. The second-order valence-electron chi connectivity index (χ2n) is 9.55. The van der Waals surface area contributed by atoms with Crippen LogP contribution in [0.25, 0.3) is 5.69 Å². The van der Waals surface area contributed by atoms with E-state index in [9.17, 15) is 10.1 Å². The number of nitrogens with zero attached hydrogens (tertiary/aromatic N) is 5. The molecule has 0 bridgehead atoms. The molecule has 2 aromatic heterocycles. The lowest BCUT2D eigenvalue weighted by atomic mass is 9.96. The number of benzene rings is 1. The number of hydrogen-bond donors (Lipinski definition) is 1. The van der Waals surface area contributed by atoms with Crippen molar-refractivity contribution in [2.45, 2.75) is 25.9 Å². The van der Waals surface area contributed by atoms with Crippen molar-refractivity contribution in [2.75, 3.05) is 46.5 Å². The van der Waals surface area contributed by atoms with E-state index in [1.807, 2.05) is 36.6 Å². The molecule has 1 aromatic carbocycles. The summed E-state index contributed by atoms with van der Waals surface area (Å²) in [6.07, 6.45) is 1.79. The van der Waals surface area contributed by atoms with E-state index < -0.39 is 0 Å². The minimum atomic E-state index is -0.367. The molecule has 1 N–H and O–H groups in total. The maximum Gasteiger partial charge on any atom is 0.296 e. The van der Waals surface area contributed by atoms with Crippen molar-refractivity contribution in [3.8, 4) is 11.4 Å². The summed E-state index contributed by atoms with van der Waals surface area (Å²) in [5.41, 5.74) is 4.26. The Morgan fingerprint density at radius 3 is 2.66 bits per heavy atom. The van der Waals surface area contributed by atoms with Crippen LogP contribution in [0.15, 0.2) is 48.7 Å². The molecular weight excluding hydrogens is 504 g/mol. The summed E-state index contributed by atoms with van der Waals surface area (Å²) in [4.78, 5) is 20.9. The number of thiocarbonyl (C=S) groups is 1. The van der Waals surface area contributed by atoms with Crippen LogP contribution in [0.2, 0.25) is 0 Å². The fourth-order valence-corrected chi connectivity index (χ4v) is 5.81. The first-order valence-electron chi connectivity index (χ1n) is 12.7. The van der Waals surface area contributed by atoms with Crippen LogP contribution in [-0.2, 0) is 4.74 Å². The van der Waals surface area contributed by atoms with E-state index in [2.05, 4.69) is 26.2 Å². The third-order valence-corrected chi connectivity index (χ3v) is 7.72. The van der Waals surface area contributed by atoms with Gasteiger partial charge in [0.2, 0.25) is 0 Å². The number of nitro groups is 1. The van der Waals surface area contributed by atoms with Gasteiger partial charge in [0.25, 0.3) is 5.69 Å². The molecule has 2 aliphatic heterocycles. The van der Waals surface area contributed by atoms with Crippen LogP contribution >= 0.6 is 12.2 Å². The van der Waals surface area contributed by atoms with Gasteiger partial charge in [-0.2, -0.15) is 0 Å². The molecule has 2 aliphatic rings. The lowest BCUT2D eigenvalue weighted by Gasteiger charge is -2.32. The van der Waals surface area contributed by atoms with Gasteiger partial charge in [-0.3, -0.25) is 20.0 Å². The van der Waals surface area contributed by atoms with Gasteiger partial charge in [0.05, 0.1) is 49.1 Å². The van der Waals surface area contributed by atoms with Crippen LogP contribution in [0.3, 0.4) is 0 Å². The van der Waals surface area contributed by atoms with Crippen LogP contribution < -0.4 is 10.1 Å². The normalized spacial score (nSPS) is 20.0. The summed E-state index contributed by atoms with van der Waals surface area (Å²) in [6.45, 7) is 8.86. The van der Waals surface area contributed by atoms with Crippen molar-refractivity contribution >= 4 is 23.0 Å². The van der Waals surface area contributed by atoms with Crippen molar-refractivity contribution in [2.24, 2.45) is 0 Å². The van der Waals surface area contributed by atoms with Crippen molar-refractivity contribution < 1.29 is 14.4 Å². The topological polar surface area (TPSA) is 97.9 Å². The maximum absolute atomic E-state index is 12.0. The molecule has 0 saturated carbocycles. The molecule has 0 aliphatic carbocycles. The summed E-state index contributed by atoms with van der Waals surface area (Å²) in [6, 6.07) is 12.7. The van der Waals surface area contributed by atoms with Crippen LogP contribution in [0.4, 0.5) is 5.69 Å². The zero-order chi connectivity index (χ0) is 26.8. The Hall–Kier alpha value is -3.54. The van der Waals surface area contributed by atoms with Crippen molar-refractivity contribution in [1.82, 2.24) is 24.7 Å². The van der Waals surface area contributed by atoms with Gasteiger partial charge in [0, 0.05) is 43.8 Å². The molecule has 10 nitrogen and oxygen atoms in total. The quantitative estimate of drug-likeness (QED) is 0.262. The smallest absolute Gasteiger partial charge is 0.296 e. The van der Waals surface area contributed by atoms with E-state index in [0.29, 0.717) is 16.5 Å². The number of methoxy groups -OCH3 is 1. The Balaban J connectivity index is 1.56. The molecule has 2 atom stereocenters. The maximum atomic E-state index is 12.0. The minimum Gasteiger partial charge on any atom is -0.496 e. The first-order chi connectivity index (χ1) is 18.4. The van der Waals surface area contributed by atoms with E-state index in [1.165, 1.54) is 13.2 Å². The SMILES string of the molecule is COc1ccc(-n2c(C)cc(C3C(c4ccccn4)NC(=S)N3CCN3CCOCC3)c2C)c([N+](=O)[O-])c1. The van der Waals surface area contributed by atoms with Gasteiger partial charge in [-0.15, -0.1) is 0 Å². The second kappa shape index (κ2) is 11.1. The Morgan fingerprint density at radius 2 is 1.97 bits per heavy atom. The number of aromatic nitrogens is 2. The van der Waals surface area contributed by atoms with Gasteiger partial charge in [-0.25, -0.2) is 0 Å². The van der Waals surface area contributed by atoms with E-state index in [1.54, 1.807) is 18.3 Å². The standard InChI is InChI=1S/C27H32N6O4S/c1-18-16-21(19(2)32(18)23-8-7-20(36-3)17-24(23)33(34)35)26-25(22-6-4-5-9-28-22)29-27(38)31(26)11-10-30-12-14-37-15-13-30/h4-9,16-17,25-26H,10-15H2,1-3H3,(H,29,38). The largest absolute Gasteiger partial charge is 0.496 e. The monoisotopic (exact) mass is 536 g/mol. The summed E-state index contributed by atoms with van der Waals surface area (Å²) >= 11 is 5.85. The highest BCUT2D eigenvalue weighted by Gasteiger charge is 2.41. The molecule has 2 saturated heterocycles. The molecule has 0 radical (unpaired) electrons. The molecule has 2 unspecified atom stereocenters. The first kappa shape index (κ1) is 26.1. The fraction of sp³-hybridized carbons (Fsp3) is 0.407. The van der Waals surface area contributed by atoms with Gasteiger partial charge in [-0.1, -0.05) is 6.07 Å². The van der Waals surface area contributed by atoms with Crippen molar-refractivity contribution in [3.05, 3.63) is 81.4 Å². The molecular formula is C27H32N6O4S. The third kappa shape index (κ3) is 4.96. The number of hydrogen-bond acceptors (Lipinski definition) is 7. The fourth-order valence-electron chi connectivity index (χ4n) is 5.48. The predicted molar refractivity (Wildman–Crippen MR) is 148 cm³/mol. The van der Waals surface area contributed by atoms with Crippen molar-refractivity contribution in [3.63, 3.8) is 0 Å². The zero-order valence-corrected chi connectivity index (χ0v) is 22.6. The average Bonchev–Trinajstić information content (AvgIpc) is 3.42. The number of aryl methyl sites for hydroxylation is 1. The number of nitrogens with one attached hydrogen (secondary N) is 1. The van der Waals surface area contributed by atoms with Gasteiger partial charge in [0.1, 0.15) is 11.4 Å². The highest BCUT2D eigenvalue weighted by Crippen LogP contribution is 2.42. The molecule has 0 spiro atoms. The van der Waals surface area contributed by atoms with Crippen LogP contribution in [0.1, 0.15) is 34.7 Å². The summed E-state index contributed by atoms with van der Waals surface area (Å²) in [7, 11) is 1.50. The Kier molecular flexibility index (Phi) is 7.59. The molecule has 5 rings (SSSR count). The number of nitro benzene ring substituents is 1. The number of rotatable bonds is 8. The van der Waals surface area contributed by atoms with Crippen molar-refractivity contribution in [1.29, 1.82) is 0 Å². The molecule has 200 valence electrons. The highest BCUT2D eigenvalue weighted by molar-refractivity contribution is 7.80. The van der Waals surface area contributed by atoms with E-state index in [0.717, 1.165) is 62.0 Å². The molecule has 4 heterocycles. The van der Waals surface area contributed by atoms with Gasteiger partial charge in [0.15, 0.2) is 5.11 Å². The van der Waals surface area contributed by atoms with Gasteiger partial charge >= 0.3 is 0 Å². The first-order valence-corrected chi connectivity index (χ1v) is 13.1. The lowest BCUT2D eigenvalue weighted by Crippen LogP contribution is -2.42. The lowest BCUT2D eigenvalue weighted by molar-refractivity contribution is -0.384. The van der Waals surface area contributed by atoms with E-state index in [4.69, 9.17) is 21.7 Å². The molecule has 2 fully saturated rings. The Bertz CT molecular complexity index is 1320.